The Hall–Kier alpha value is -1.59. The molecule has 2 rings (SSSR count). The monoisotopic (exact) mass is 319 g/mol. The van der Waals surface area contributed by atoms with Crippen LogP contribution < -0.4 is 10.2 Å². The second kappa shape index (κ2) is 8.89. The molecule has 0 aromatic heterocycles. The van der Waals surface area contributed by atoms with Crippen molar-refractivity contribution in [2.45, 2.75) is 31.8 Å². The maximum Gasteiger partial charge on any atom is 0.220 e. The molecule has 5 heteroatoms. The molecule has 0 atom stereocenters. The van der Waals surface area contributed by atoms with E-state index < -0.39 is 0 Å². The Morgan fingerprint density at radius 2 is 1.91 bits per heavy atom. The van der Waals surface area contributed by atoms with Gasteiger partial charge in [-0.3, -0.25) is 4.79 Å². The molecule has 1 fully saturated rings. The van der Waals surface area contributed by atoms with Gasteiger partial charge in [0.2, 0.25) is 5.91 Å². The van der Waals surface area contributed by atoms with Crippen LogP contribution in [0.1, 0.15) is 24.8 Å². The lowest BCUT2D eigenvalue weighted by Crippen LogP contribution is -2.40. The van der Waals surface area contributed by atoms with Gasteiger partial charge in [0.1, 0.15) is 0 Å². The van der Waals surface area contributed by atoms with Gasteiger partial charge in [0.15, 0.2) is 0 Å². The molecule has 1 aliphatic heterocycles. The summed E-state index contributed by atoms with van der Waals surface area (Å²) in [6.07, 6.45) is 2.85. The van der Waals surface area contributed by atoms with Crippen molar-refractivity contribution in [2.75, 3.05) is 45.2 Å². The number of anilines is 1. The number of carbonyl (C=O) groups excluding carboxylic acids is 1. The van der Waals surface area contributed by atoms with Crippen molar-refractivity contribution in [3.8, 4) is 0 Å². The molecule has 0 radical (unpaired) electrons. The van der Waals surface area contributed by atoms with Crippen molar-refractivity contribution >= 4 is 11.6 Å². The summed E-state index contributed by atoms with van der Waals surface area (Å²) in [6.45, 7) is 3.41. The summed E-state index contributed by atoms with van der Waals surface area (Å²) < 4.78 is 0. The number of amides is 1. The maximum absolute atomic E-state index is 11.9. The predicted molar refractivity (Wildman–Crippen MR) is 93.8 cm³/mol. The highest BCUT2D eigenvalue weighted by molar-refractivity contribution is 5.76. The number of piperidine rings is 1. The van der Waals surface area contributed by atoms with E-state index in [2.05, 4.69) is 39.4 Å². The molecular formula is C18H29N3O2. The lowest BCUT2D eigenvalue weighted by molar-refractivity contribution is -0.121. The lowest BCUT2D eigenvalue weighted by atomic mass is 10.1. The summed E-state index contributed by atoms with van der Waals surface area (Å²) in [6, 6.07) is 8.33. The molecule has 0 saturated carbocycles. The van der Waals surface area contributed by atoms with Crippen LogP contribution in [0.25, 0.3) is 0 Å². The second-order valence-corrected chi connectivity index (χ2v) is 6.48. The van der Waals surface area contributed by atoms with E-state index in [0.717, 1.165) is 38.9 Å². The molecular weight excluding hydrogens is 290 g/mol. The summed E-state index contributed by atoms with van der Waals surface area (Å²) in [5.41, 5.74) is 2.36. The number of nitrogens with one attached hydrogen (secondary N) is 1. The van der Waals surface area contributed by atoms with E-state index in [1.165, 1.54) is 11.3 Å². The molecule has 5 nitrogen and oxygen atoms in total. The van der Waals surface area contributed by atoms with Crippen LogP contribution in [0.2, 0.25) is 0 Å². The van der Waals surface area contributed by atoms with Gasteiger partial charge in [0.25, 0.3) is 0 Å². The molecule has 0 aliphatic carbocycles. The van der Waals surface area contributed by atoms with Crippen LogP contribution >= 0.6 is 0 Å². The third-order valence-electron chi connectivity index (χ3n) is 4.40. The van der Waals surface area contributed by atoms with E-state index in [9.17, 15) is 9.90 Å². The fraction of sp³-hybridized carbons (Fsp3) is 0.611. The van der Waals surface area contributed by atoms with E-state index >= 15 is 0 Å². The summed E-state index contributed by atoms with van der Waals surface area (Å²) >= 11 is 0. The van der Waals surface area contributed by atoms with Crippen molar-refractivity contribution < 1.29 is 9.90 Å². The highest BCUT2D eigenvalue weighted by atomic mass is 16.3. The van der Waals surface area contributed by atoms with Gasteiger partial charge >= 0.3 is 0 Å². The number of likely N-dealkylation sites (tertiary alicyclic amines) is 1. The quantitative estimate of drug-likeness (QED) is 0.794. The molecule has 1 saturated heterocycles. The van der Waals surface area contributed by atoms with E-state index in [4.69, 9.17) is 0 Å². The van der Waals surface area contributed by atoms with Gasteiger partial charge in [-0.1, -0.05) is 12.1 Å². The fourth-order valence-electron chi connectivity index (χ4n) is 2.80. The lowest BCUT2D eigenvalue weighted by Gasteiger charge is -2.29. The van der Waals surface area contributed by atoms with Crippen LogP contribution in [-0.4, -0.2) is 62.3 Å². The van der Waals surface area contributed by atoms with Gasteiger partial charge in [-0.15, -0.1) is 0 Å². The van der Waals surface area contributed by atoms with Crippen molar-refractivity contribution in [1.82, 2.24) is 10.2 Å². The predicted octanol–water partition coefficient (Wildman–Crippen LogP) is 1.26. The molecule has 1 aliphatic rings. The van der Waals surface area contributed by atoms with Crippen molar-refractivity contribution in [1.29, 1.82) is 0 Å². The Kier molecular flexibility index (Phi) is 6.86. The molecule has 23 heavy (non-hydrogen) atoms. The zero-order valence-electron chi connectivity index (χ0n) is 14.3. The topological polar surface area (TPSA) is 55.8 Å². The zero-order chi connectivity index (χ0) is 16.7. The van der Waals surface area contributed by atoms with Crippen LogP contribution in [0.3, 0.4) is 0 Å². The Morgan fingerprint density at radius 3 is 2.52 bits per heavy atom. The molecule has 128 valence electrons. The first kappa shape index (κ1) is 17.8. The van der Waals surface area contributed by atoms with Crippen LogP contribution in [0.15, 0.2) is 24.3 Å². The Bertz CT molecular complexity index is 480. The standard InChI is InChI=1S/C18H29N3O2/c1-20(2)16-6-3-15(4-7-16)5-8-18(23)19-11-14-21-12-9-17(22)10-13-21/h3-4,6-7,17,22H,5,8-14H2,1-2H3,(H,19,23). The molecule has 0 unspecified atom stereocenters. The van der Waals surface area contributed by atoms with Crippen molar-refractivity contribution in [2.24, 2.45) is 0 Å². The Morgan fingerprint density at radius 1 is 1.26 bits per heavy atom. The molecule has 1 amide bonds. The molecule has 1 aromatic rings. The Balaban J connectivity index is 1.61. The highest BCUT2D eigenvalue weighted by Crippen LogP contribution is 2.13. The average molecular weight is 319 g/mol. The van der Waals surface area contributed by atoms with Crippen LogP contribution in [-0.2, 0) is 11.2 Å². The molecule has 1 heterocycles. The second-order valence-electron chi connectivity index (χ2n) is 6.48. The van der Waals surface area contributed by atoms with Gasteiger partial charge < -0.3 is 20.2 Å². The van der Waals surface area contributed by atoms with Gasteiger partial charge in [-0.25, -0.2) is 0 Å². The van der Waals surface area contributed by atoms with E-state index in [1.807, 2.05) is 14.1 Å². The summed E-state index contributed by atoms with van der Waals surface area (Å²) in [4.78, 5) is 16.3. The SMILES string of the molecule is CN(C)c1ccc(CCC(=O)NCCN2CCC(O)CC2)cc1. The van der Waals surface area contributed by atoms with Gasteiger partial charge in [0.05, 0.1) is 6.10 Å². The minimum Gasteiger partial charge on any atom is -0.393 e. The first-order chi connectivity index (χ1) is 11.0. The fourth-order valence-corrected chi connectivity index (χ4v) is 2.80. The number of hydrogen-bond acceptors (Lipinski definition) is 4. The summed E-state index contributed by atoms with van der Waals surface area (Å²) in [5, 5.41) is 12.5. The van der Waals surface area contributed by atoms with Crippen LogP contribution in [0.4, 0.5) is 5.69 Å². The molecule has 1 aromatic carbocycles. The number of rotatable bonds is 7. The minimum atomic E-state index is -0.139. The largest absolute Gasteiger partial charge is 0.393 e. The van der Waals surface area contributed by atoms with Gasteiger partial charge in [-0.05, 0) is 37.0 Å². The third-order valence-corrected chi connectivity index (χ3v) is 4.40. The number of aryl methyl sites for hydroxylation is 1. The summed E-state index contributed by atoms with van der Waals surface area (Å²) in [7, 11) is 4.04. The smallest absolute Gasteiger partial charge is 0.220 e. The van der Waals surface area contributed by atoms with Crippen molar-refractivity contribution in [3.63, 3.8) is 0 Å². The van der Waals surface area contributed by atoms with Crippen LogP contribution in [0.5, 0.6) is 0 Å². The van der Waals surface area contributed by atoms with Gasteiger partial charge in [0, 0.05) is 52.4 Å². The van der Waals surface area contributed by atoms with E-state index in [1.54, 1.807) is 0 Å². The van der Waals surface area contributed by atoms with Gasteiger partial charge in [-0.2, -0.15) is 0 Å². The normalized spacial score (nSPS) is 16.3. The summed E-state index contributed by atoms with van der Waals surface area (Å²) in [5.74, 6) is 0.110. The minimum absolute atomic E-state index is 0.110. The number of hydrogen-bond donors (Lipinski definition) is 2. The first-order valence-electron chi connectivity index (χ1n) is 8.48. The van der Waals surface area contributed by atoms with Crippen LogP contribution in [0, 0.1) is 0 Å². The number of nitrogens with zero attached hydrogens (tertiary/aromatic N) is 2. The van der Waals surface area contributed by atoms with Crippen molar-refractivity contribution in [3.05, 3.63) is 29.8 Å². The molecule has 0 bridgehead atoms. The Labute approximate surface area is 139 Å². The highest BCUT2D eigenvalue weighted by Gasteiger charge is 2.16. The zero-order valence-corrected chi connectivity index (χ0v) is 14.3. The number of aliphatic hydroxyl groups excluding tert-OH is 1. The van der Waals surface area contributed by atoms with E-state index in [0.29, 0.717) is 13.0 Å². The molecule has 2 N–H and O–H groups in total. The first-order valence-corrected chi connectivity index (χ1v) is 8.48. The average Bonchev–Trinajstić information content (AvgIpc) is 2.55. The van der Waals surface area contributed by atoms with E-state index in [-0.39, 0.29) is 12.0 Å². The number of carbonyl (C=O) groups is 1. The maximum atomic E-state index is 11.9. The molecule has 0 spiro atoms. The number of benzene rings is 1. The number of aliphatic hydroxyl groups is 1. The third kappa shape index (κ3) is 6.20.